The van der Waals surface area contributed by atoms with Crippen LogP contribution in [0, 0.1) is 0 Å². The zero-order chi connectivity index (χ0) is 12.5. The van der Waals surface area contributed by atoms with E-state index in [-0.39, 0.29) is 5.89 Å². The summed E-state index contributed by atoms with van der Waals surface area (Å²) < 4.78 is 41.2. The maximum atomic E-state index is 12.2. The fourth-order valence-corrected chi connectivity index (χ4v) is 1.23. The van der Waals surface area contributed by atoms with Crippen molar-refractivity contribution in [1.29, 1.82) is 0 Å². The molecule has 0 aliphatic carbocycles. The van der Waals surface area contributed by atoms with Gasteiger partial charge in [-0.3, -0.25) is 0 Å². The molecule has 0 aliphatic rings. The molecule has 1 heterocycles. The molecule has 17 heavy (non-hydrogen) atoms. The molecule has 0 aliphatic heterocycles. The van der Waals surface area contributed by atoms with Gasteiger partial charge in [0.05, 0.1) is 0 Å². The molecule has 0 amide bonds. The normalized spacial score (nSPS) is 11.5. The average Bonchev–Trinajstić information content (AvgIpc) is 2.78. The van der Waals surface area contributed by atoms with E-state index < -0.39 is 12.1 Å². The van der Waals surface area contributed by atoms with Gasteiger partial charge in [-0.2, -0.15) is 13.2 Å². The Balaban J connectivity index is 2.30. The molecule has 1 N–H and O–H groups in total. The molecule has 0 saturated heterocycles. The molecular weight excluding hydrogens is 235 g/mol. The predicted octanol–water partition coefficient (Wildman–Crippen LogP) is 2.80. The van der Waals surface area contributed by atoms with Gasteiger partial charge in [0.25, 0.3) is 0 Å². The van der Waals surface area contributed by atoms with Crippen molar-refractivity contribution in [3.05, 3.63) is 30.2 Å². The number of benzene rings is 1. The van der Waals surface area contributed by atoms with Crippen LogP contribution in [-0.4, -0.2) is 17.2 Å². The minimum Gasteiger partial charge on any atom is -0.413 e. The minimum atomic E-state index is -4.61. The largest absolute Gasteiger partial charge is 0.470 e. The van der Waals surface area contributed by atoms with Crippen LogP contribution in [0.15, 0.2) is 28.7 Å². The van der Waals surface area contributed by atoms with Crippen molar-refractivity contribution in [3.8, 4) is 11.5 Å². The van der Waals surface area contributed by atoms with Crippen molar-refractivity contribution in [2.24, 2.45) is 0 Å². The number of rotatable bonds is 2. The molecule has 7 heteroatoms. The molecule has 0 saturated carbocycles. The van der Waals surface area contributed by atoms with Crippen molar-refractivity contribution >= 4 is 5.69 Å². The van der Waals surface area contributed by atoms with Crippen molar-refractivity contribution in [2.75, 3.05) is 12.4 Å². The van der Waals surface area contributed by atoms with Crippen LogP contribution in [0.2, 0.25) is 0 Å². The highest BCUT2D eigenvalue weighted by Crippen LogP contribution is 2.30. The molecular formula is C10H8F3N3O. The Morgan fingerprint density at radius 1 is 1.12 bits per heavy atom. The van der Waals surface area contributed by atoms with E-state index in [4.69, 9.17) is 0 Å². The minimum absolute atomic E-state index is 0.153. The first kappa shape index (κ1) is 11.4. The summed E-state index contributed by atoms with van der Waals surface area (Å²) in [6.07, 6.45) is -4.61. The van der Waals surface area contributed by atoms with E-state index in [0.717, 1.165) is 5.69 Å². The molecule has 0 spiro atoms. The Morgan fingerprint density at radius 3 is 2.24 bits per heavy atom. The van der Waals surface area contributed by atoms with E-state index >= 15 is 0 Å². The molecule has 0 unspecified atom stereocenters. The van der Waals surface area contributed by atoms with Gasteiger partial charge in [0.2, 0.25) is 5.89 Å². The first-order valence-electron chi connectivity index (χ1n) is 4.69. The Labute approximate surface area is 94.5 Å². The first-order valence-corrected chi connectivity index (χ1v) is 4.69. The fourth-order valence-electron chi connectivity index (χ4n) is 1.23. The van der Waals surface area contributed by atoms with Crippen molar-refractivity contribution < 1.29 is 17.6 Å². The molecule has 1 aromatic heterocycles. The van der Waals surface area contributed by atoms with Crippen molar-refractivity contribution in [3.63, 3.8) is 0 Å². The van der Waals surface area contributed by atoms with Gasteiger partial charge in [-0.25, -0.2) is 0 Å². The predicted molar refractivity (Wildman–Crippen MR) is 54.3 cm³/mol. The lowest BCUT2D eigenvalue weighted by Crippen LogP contribution is -2.04. The molecule has 0 bridgehead atoms. The third kappa shape index (κ3) is 2.38. The number of nitrogens with one attached hydrogen (secondary N) is 1. The van der Waals surface area contributed by atoms with Gasteiger partial charge in [0, 0.05) is 18.3 Å². The van der Waals surface area contributed by atoms with Crippen molar-refractivity contribution in [1.82, 2.24) is 10.2 Å². The number of alkyl halides is 3. The summed E-state index contributed by atoms with van der Waals surface area (Å²) in [7, 11) is 1.74. The van der Waals surface area contributed by atoms with Gasteiger partial charge in [0.1, 0.15) is 0 Å². The Bertz CT molecular complexity index is 504. The number of halogens is 3. The fraction of sp³-hybridized carbons (Fsp3) is 0.200. The lowest BCUT2D eigenvalue weighted by Gasteiger charge is -2.00. The van der Waals surface area contributed by atoms with E-state index in [1.807, 2.05) is 0 Å². The molecule has 2 rings (SSSR count). The lowest BCUT2D eigenvalue weighted by atomic mass is 10.2. The highest BCUT2D eigenvalue weighted by Gasteiger charge is 2.38. The van der Waals surface area contributed by atoms with Crippen LogP contribution < -0.4 is 5.32 Å². The van der Waals surface area contributed by atoms with Gasteiger partial charge in [0.15, 0.2) is 0 Å². The van der Waals surface area contributed by atoms with Gasteiger partial charge in [-0.15, -0.1) is 10.2 Å². The number of anilines is 1. The number of aromatic nitrogens is 2. The van der Waals surface area contributed by atoms with Gasteiger partial charge < -0.3 is 9.73 Å². The highest BCUT2D eigenvalue weighted by atomic mass is 19.4. The van der Waals surface area contributed by atoms with Crippen LogP contribution in [0.3, 0.4) is 0 Å². The number of hydrogen-bond acceptors (Lipinski definition) is 4. The highest BCUT2D eigenvalue weighted by molar-refractivity contribution is 5.57. The molecule has 0 atom stereocenters. The van der Waals surface area contributed by atoms with E-state index in [2.05, 4.69) is 19.9 Å². The Kier molecular flexibility index (Phi) is 2.74. The molecule has 90 valence electrons. The standard InChI is InChI=1S/C10H8F3N3O/c1-14-7-4-2-6(3-5-7)8-15-16-9(17-8)10(11,12)13/h2-5,14H,1H3. The second kappa shape index (κ2) is 4.08. The monoisotopic (exact) mass is 243 g/mol. The van der Waals surface area contributed by atoms with Crippen LogP contribution in [0.25, 0.3) is 11.5 Å². The lowest BCUT2D eigenvalue weighted by molar-refractivity contribution is -0.156. The zero-order valence-corrected chi connectivity index (χ0v) is 8.75. The Morgan fingerprint density at radius 2 is 1.76 bits per heavy atom. The molecule has 2 aromatic rings. The summed E-state index contributed by atoms with van der Waals surface area (Å²) in [4.78, 5) is 0. The SMILES string of the molecule is CNc1ccc(-c2nnc(C(F)(F)F)o2)cc1. The second-order valence-corrected chi connectivity index (χ2v) is 3.24. The van der Waals surface area contributed by atoms with Crippen molar-refractivity contribution in [2.45, 2.75) is 6.18 Å². The maximum absolute atomic E-state index is 12.2. The third-order valence-corrected chi connectivity index (χ3v) is 2.09. The summed E-state index contributed by atoms with van der Waals surface area (Å²) in [5.41, 5.74) is 1.27. The summed E-state index contributed by atoms with van der Waals surface area (Å²) >= 11 is 0. The zero-order valence-electron chi connectivity index (χ0n) is 8.75. The molecule has 1 aromatic carbocycles. The van der Waals surface area contributed by atoms with Gasteiger partial charge >= 0.3 is 12.1 Å². The van der Waals surface area contributed by atoms with Gasteiger partial charge in [-0.05, 0) is 24.3 Å². The van der Waals surface area contributed by atoms with E-state index in [1.165, 1.54) is 0 Å². The van der Waals surface area contributed by atoms with Crippen LogP contribution in [0.1, 0.15) is 5.89 Å². The summed E-state index contributed by atoms with van der Waals surface area (Å²) in [6.45, 7) is 0. The van der Waals surface area contributed by atoms with E-state index in [0.29, 0.717) is 5.56 Å². The average molecular weight is 243 g/mol. The number of nitrogens with zero attached hydrogens (tertiary/aromatic N) is 2. The first-order chi connectivity index (χ1) is 8.00. The summed E-state index contributed by atoms with van der Waals surface area (Å²) in [6, 6.07) is 6.60. The summed E-state index contributed by atoms with van der Waals surface area (Å²) in [5, 5.41) is 9.19. The van der Waals surface area contributed by atoms with Crippen LogP contribution in [-0.2, 0) is 6.18 Å². The van der Waals surface area contributed by atoms with Crippen LogP contribution >= 0.6 is 0 Å². The van der Waals surface area contributed by atoms with Gasteiger partial charge in [-0.1, -0.05) is 0 Å². The van der Waals surface area contributed by atoms with E-state index in [9.17, 15) is 13.2 Å². The topological polar surface area (TPSA) is 51.0 Å². The maximum Gasteiger partial charge on any atom is 0.470 e. The molecule has 4 nitrogen and oxygen atoms in total. The third-order valence-electron chi connectivity index (χ3n) is 2.09. The smallest absolute Gasteiger partial charge is 0.413 e. The summed E-state index contributed by atoms with van der Waals surface area (Å²) in [5.74, 6) is -1.50. The molecule has 0 radical (unpaired) electrons. The quantitative estimate of drug-likeness (QED) is 0.881. The second-order valence-electron chi connectivity index (χ2n) is 3.24. The number of hydrogen-bond donors (Lipinski definition) is 1. The Hall–Kier alpha value is -2.05. The van der Waals surface area contributed by atoms with E-state index in [1.54, 1.807) is 31.3 Å². The van der Waals surface area contributed by atoms with Crippen LogP contribution in [0.5, 0.6) is 0 Å². The van der Waals surface area contributed by atoms with Crippen LogP contribution in [0.4, 0.5) is 18.9 Å². The molecule has 0 fully saturated rings.